The summed E-state index contributed by atoms with van der Waals surface area (Å²) < 4.78 is 3.27. The first-order valence-corrected chi connectivity index (χ1v) is 7.00. The van der Waals surface area contributed by atoms with Crippen LogP contribution in [0.1, 0.15) is 24.9 Å². The second-order valence-electron chi connectivity index (χ2n) is 4.35. The third-order valence-corrected chi connectivity index (χ3v) is 3.70. The molecule has 3 nitrogen and oxygen atoms in total. The first-order chi connectivity index (χ1) is 8.77. The summed E-state index contributed by atoms with van der Waals surface area (Å²) >= 11 is 3.58. The number of aromatic nitrogens is 2. The van der Waals surface area contributed by atoms with Gasteiger partial charge in [-0.25, -0.2) is 4.98 Å². The Balaban J connectivity index is 1.75. The molecule has 0 fully saturated rings. The Morgan fingerprint density at radius 1 is 1.39 bits per heavy atom. The molecule has 1 aromatic heterocycles. The molecule has 0 bridgehead atoms. The van der Waals surface area contributed by atoms with Crippen LogP contribution in [-0.2, 0) is 6.54 Å². The van der Waals surface area contributed by atoms with E-state index in [2.05, 4.69) is 55.9 Å². The lowest BCUT2D eigenvalue weighted by Gasteiger charge is -2.15. The predicted octanol–water partition coefficient (Wildman–Crippen LogP) is 3.39. The number of nitrogens with one attached hydrogen (secondary N) is 1. The predicted molar refractivity (Wildman–Crippen MR) is 77.4 cm³/mol. The lowest BCUT2D eigenvalue weighted by atomic mass is 10.1. The van der Waals surface area contributed by atoms with Gasteiger partial charge in [0.1, 0.15) is 0 Å². The van der Waals surface area contributed by atoms with Gasteiger partial charge in [-0.1, -0.05) is 34.1 Å². The number of benzene rings is 1. The standard InChI is InChI=1S/C14H18BrN3/c1-12(13-5-2-3-6-14(13)15)17-7-4-9-18-10-8-16-11-18/h2-3,5-6,8,10-12,17H,4,7,9H2,1H3/t12-/m1/s1. The van der Waals surface area contributed by atoms with Crippen LogP contribution in [0, 0.1) is 0 Å². The number of imidazole rings is 1. The molecule has 0 unspecified atom stereocenters. The molecular formula is C14H18BrN3. The highest BCUT2D eigenvalue weighted by molar-refractivity contribution is 9.10. The van der Waals surface area contributed by atoms with E-state index in [-0.39, 0.29) is 0 Å². The fourth-order valence-corrected chi connectivity index (χ4v) is 2.56. The maximum Gasteiger partial charge on any atom is 0.0945 e. The lowest BCUT2D eigenvalue weighted by molar-refractivity contribution is 0.525. The second-order valence-corrected chi connectivity index (χ2v) is 5.21. The smallest absolute Gasteiger partial charge is 0.0945 e. The van der Waals surface area contributed by atoms with Gasteiger partial charge >= 0.3 is 0 Å². The fourth-order valence-electron chi connectivity index (χ4n) is 1.94. The van der Waals surface area contributed by atoms with Crippen molar-refractivity contribution in [2.45, 2.75) is 25.9 Å². The minimum atomic E-state index is 0.364. The largest absolute Gasteiger partial charge is 0.337 e. The summed E-state index contributed by atoms with van der Waals surface area (Å²) in [7, 11) is 0. The van der Waals surface area contributed by atoms with Gasteiger partial charge in [-0.2, -0.15) is 0 Å². The summed E-state index contributed by atoms with van der Waals surface area (Å²) in [6, 6.07) is 8.71. The zero-order valence-corrected chi connectivity index (χ0v) is 12.1. The van der Waals surface area contributed by atoms with Crippen LogP contribution in [-0.4, -0.2) is 16.1 Å². The molecule has 2 rings (SSSR count). The molecular weight excluding hydrogens is 290 g/mol. The van der Waals surface area contributed by atoms with Gasteiger partial charge in [-0.3, -0.25) is 0 Å². The van der Waals surface area contributed by atoms with E-state index in [9.17, 15) is 0 Å². The number of nitrogens with zero attached hydrogens (tertiary/aromatic N) is 2. The van der Waals surface area contributed by atoms with E-state index in [4.69, 9.17) is 0 Å². The van der Waals surface area contributed by atoms with Gasteiger partial charge in [0.25, 0.3) is 0 Å². The molecule has 2 aromatic rings. The van der Waals surface area contributed by atoms with Crippen molar-refractivity contribution in [3.8, 4) is 0 Å². The highest BCUT2D eigenvalue weighted by Gasteiger charge is 2.07. The Labute approximate surface area is 116 Å². The molecule has 1 heterocycles. The normalized spacial score (nSPS) is 12.6. The maximum absolute atomic E-state index is 4.03. The van der Waals surface area contributed by atoms with E-state index in [0.717, 1.165) is 19.5 Å². The Morgan fingerprint density at radius 2 is 2.22 bits per heavy atom. The van der Waals surface area contributed by atoms with E-state index in [1.54, 1.807) is 0 Å². The molecule has 4 heteroatoms. The van der Waals surface area contributed by atoms with Crippen LogP contribution in [0.3, 0.4) is 0 Å². The molecule has 0 aliphatic carbocycles. The molecule has 96 valence electrons. The van der Waals surface area contributed by atoms with Crippen LogP contribution in [0.5, 0.6) is 0 Å². The molecule has 0 saturated carbocycles. The number of aryl methyl sites for hydroxylation is 1. The molecule has 0 amide bonds. The van der Waals surface area contributed by atoms with Gasteiger partial charge < -0.3 is 9.88 Å². The lowest BCUT2D eigenvalue weighted by Crippen LogP contribution is -2.21. The monoisotopic (exact) mass is 307 g/mol. The van der Waals surface area contributed by atoms with Gasteiger partial charge in [-0.15, -0.1) is 0 Å². The van der Waals surface area contributed by atoms with Gasteiger partial charge in [0.15, 0.2) is 0 Å². The number of hydrogen-bond acceptors (Lipinski definition) is 2. The molecule has 0 aliphatic heterocycles. The molecule has 0 spiro atoms. The van der Waals surface area contributed by atoms with Gasteiger partial charge in [0.05, 0.1) is 6.33 Å². The van der Waals surface area contributed by atoms with Crippen LogP contribution in [0.4, 0.5) is 0 Å². The van der Waals surface area contributed by atoms with E-state index in [0.29, 0.717) is 6.04 Å². The quantitative estimate of drug-likeness (QED) is 0.829. The van der Waals surface area contributed by atoms with Crippen LogP contribution in [0.25, 0.3) is 0 Å². The van der Waals surface area contributed by atoms with Crippen LogP contribution >= 0.6 is 15.9 Å². The van der Waals surface area contributed by atoms with Crippen molar-refractivity contribution in [1.29, 1.82) is 0 Å². The number of rotatable bonds is 6. The maximum atomic E-state index is 4.03. The SMILES string of the molecule is C[C@@H](NCCCn1ccnc1)c1ccccc1Br. The third kappa shape index (κ3) is 3.68. The first-order valence-electron chi connectivity index (χ1n) is 6.21. The van der Waals surface area contributed by atoms with Crippen LogP contribution in [0.2, 0.25) is 0 Å². The summed E-state index contributed by atoms with van der Waals surface area (Å²) in [6.45, 7) is 4.20. The van der Waals surface area contributed by atoms with Crippen molar-refractivity contribution >= 4 is 15.9 Å². The Bertz CT molecular complexity index is 468. The zero-order valence-electron chi connectivity index (χ0n) is 10.5. The Morgan fingerprint density at radius 3 is 2.94 bits per heavy atom. The summed E-state index contributed by atoms with van der Waals surface area (Å²) in [5, 5.41) is 3.54. The number of halogens is 1. The minimum Gasteiger partial charge on any atom is -0.337 e. The summed E-state index contributed by atoms with van der Waals surface area (Å²) in [4.78, 5) is 4.03. The molecule has 1 N–H and O–H groups in total. The summed E-state index contributed by atoms with van der Waals surface area (Å²) in [5.74, 6) is 0. The van der Waals surface area contributed by atoms with Crippen molar-refractivity contribution in [3.05, 3.63) is 53.0 Å². The molecule has 0 radical (unpaired) electrons. The van der Waals surface area contributed by atoms with Gasteiger partial charge in [0.2, 0.25) is 0 Å². The Hall–Kier alpha value is -1.13. The van der Waals surface area contributed by atoms with E-state index in [1.807, 2.05) is 24.8 Å². The summed E-state index contributed by atoms with van der Waals surface area (Å²) in [5.41, 5.74) is 1.31. The molecule has 1 aromatic carbocycles. The van der Waals surface area contributed by atoms with Gasteiger partial charge in [0, 0.05) is 29.5 Å². The van der Waals surface area contributed by atoms with Crippen molar-refractivity contribution in [2.75, 3.05) is 6.54 Å². The molecule has 18 heavy (non-hydrogen) atoms. The van der Waals surface area contributed by atoms with Crippen LogP contribution in [0.15, 0.2) is 47.5 Å². The average molecular weight is 308 g/mol. The highest BCUT2D eigenvalue weighted by Crippen LogP contribution is 2.22. The highest BCUT2D eigenvalue weighted by atomic mass is 79.9. The fraction of sp³-hybridized carbons (Fsp3) is 0.357. The zero-order chi connectivity index (χ0) is 12.8. The minimum absolute atomic E-state index is 0.364. The first kappa shape index (κ1) is 13.3. The molecule has 0 saturated heterocycles. The van der Waals surface area contributed by atoms with Crippen molar-refractivity contribution in [2.24, 2.45) is 0 Å². The summed E-state index contributed by atoms with van der Waals surface area (Å²) in [6.07, 6.45) is 6.77. The van der Waals surface area contributed by atoms with E-state index >= 15 is 0 Å². The molecule has 1 atom stereocenters. The topological polar surface area (TPSA) is 29.9 Å². The number of hydrogen-bond donors (Lipinski definition) is 1. The second kappa shape index (κ2) is 6.71. The van der Waals surface area contributed by atoms with Crippen molar-refractivity contribution in [3.63, 3.8) is 0 Å². The van der Waals surface area contributed by atoms with Crippen molar-refractivity contribution in [1.82, 2.24) is 14.9 Å². The molecule has 0 aliphatic rings. The van der Waals surface area contributed by atoms with Crippen molar-refractivity contribution < 1.29 is 0 Å². The third-order valence-electron chi connectivity index (χ3n) is 2.97. The van der Waals surface area contributed by atoms with E-state index < -0.39 is 0 Å². The van der Waals surface area contributed by atoms with Crippen LogP contribution < -0.4 is 5.32 Å². The average Bonchev–Trinajstić information content (AvgIpc) is 2.88. The Kier molecular flexibility index (Phi) is 4.96. The van der Waals surface area contributed by atoms with E-state index in [1.165, 1.54) is 10.0 Å². The van der Waals surface area contributed by atoms with Gasteiger partial charge in [-0.05, 0) is 31.5 Å².